The molecule has 0 aliphatic heterocycles. The predicted molar refractivity (Wildman–Crippen MR) is 143 cm³/mol. The summed E-state index contributed by atoms with van der Waals surface area (Å²) in [7, 11) is -3.83. The molecule has 11 heteroatoms. The molecule has 2 amide bonds. The summed E-state index contributed by atoms with van der Waals surface area (Å²) in [6.07, 6.45) is 2.10. The number of sulfonamides is 1. The van der Waals surface area contributed by atoms with Crippen LogP contribution in [0.2, 0.25) is 15.1 Å². The van der Waals surface area contributed by atoms with Crippen LogP contribution >= 0.6 is 34.8 Å². The molecule has 0 bridgehead atoms. The smallest absolute Gasteiger partial charge is 0.244 e. The minimum atomic E-state index is -3.83. The third-order valence-corrected chi connectivity index (χ3v) is 7.48. The Balaban J connectivity index is 2.48. The molecule has 7 nitrogen and oxygen atoms in total. The van der Waals surface area contributed by atoms with Crippen LogP contribution in [0.4, 0.5) is 5.69 Å². The molecule has 0 saturated heterocycles. The average molecular weight is 563 g/mol. The standard InChI is InChI=1S/C24H30Cl3N3O4S/c1-5-11-28-24(32)21(6-2)29(14-17-7-9-19(26)20(27)13-17)23(31)15-30(35(4,33)34)22-10-8-18(25)12-16(22)3/h7-10,12-13,21H,5-6,11,14-15H2,1-4H3,(H,28,32)/t21-/m1/s1. The van der Waals surface area contributed by atoms with Gasteiger partial charge in [0.15, 0.2) is 0 Å². The molecule has 0 radical (unpaired) electrons. The number of carbonyl (C=O) groups is 2. The van der Waals surface area contributed by atoms with E-state index in [0.717, 1.165) is 17.0 Å². The van der Waals surface area contributed by atoms with E-state index in [1.165, 1.54) is 4.90 Å². The number of aryl methyl sites for hydroxylation is 1. The zero-order valence-corrected chi connectivity index (χ0v) is 23.2. The maximum atomic E-state index is 13.6. The minimum Gasteiger partial charge on any atom is -0.354 e. The Labute approximate surface area is 222 Å². The highest BCUT2D eigenvalue weighted by atomic mass is 35.5. The number of carbonyl (C=O) groups excluding carboxylic acids is 2. The maximum Gasteiger partial charge on any atom is 0.244 e. The molecule has 0 fully saturated rings. The maximum absolute atomic E-state index is 13.6. The van der Waals surface area contributed by atoms with Crippen molar-refractivity contribution in [1.82, 2.24) is 10.2 Å². The van der Waals surface area contributed by atoms with Gasteiger partial charge in [0.05, 0.1) is 22.0 Å². The third kappa shape index (κ3) is 8.00. The number of hydrogen-bond acceptors (Lipinski definition) is 4. The van der Waals surface area contributed by atoms with E-state index < -0.39 is 28.5 Å². The Morgan fingerprint density at radius 1 is 1.03 bits per heavy atom. The van der Waals surface area contributed by atoms with Gasteiger partial charge in [-0.15, -0.1) is 0 Å². The van der Waals surface area contributed by atoms with Crippen molar-refractivity contribution in [3.63, 3.8) is 0 Å². The second kappa shape index (κ2) is 12.8. The van der Waals surface area contributed by atoms with Gasteiger partial charge >= 0.3 is 0 Å². The summed E-state index contributed by atoms with van der Waals surface area (Å²) >= 11 is 18.2. The first-order valence-electron chi connectivity index (χ1n) is 11.1. The fourth-order valence-electron chi connectivity index (χ4n) is 3.61. The predicted octanol–water partition coefficient (Wildman–Crippen LogP) is 5.05. The van der Waals surface area contributed by atoms with Crippen molar-refractivity contribution in [1.29, 1.82) is 0 Å². The van der Waals surface area contributed by atoms with Crippen LogP contribution in [0.5, 0.6) is 0 Å². The molecule has 0 unspecified atom stereocenters. The van der Waals surface area contributed by atoms with Gasteiger partial charge in [0.1, 0.15) is 12.6 Å². The van der Waals surface area contributed by atoms with Crippen LogP contribution in [-0.2, 0) is 26.2 Å². The van der Waals surface area contributed by atoms with Gasteiger partial charge in [-0.2, -0.15) is 0 Å². The molecule has 0 aliphatic rings. The molecule has 0 heterocycles. The Morgan fingerprint density at radius 2 is 1.71 bits per heavy atom. The van der Waals surface area contributed by atoms with Crippen molar-refractivity contribution in [3.05, 3.63) is 62.6 Å². The number of amides is 2. The molecule has 1 N–H and O–H groups in total. The molecule has 192 valence electrons. The van der Waals surface area contributed by atoms with Gasteiger partial charge in [-0.3, -0.25) is 13.9 Å². The summed E-state index contributed by atoms with van der Waals surface area (Å²) in [5, 5.41) is 3.96. The van der Waals surface area contributed by atoms with E-state index in [0.29, 0.717) is 44.8 Å². The minimum absolute atomic E-state index is 0.0466. The number of nitrogens with zero attached hydrogens (tertiary/aromatic N) is 2. The highest BCUT2D eigenvalue weighted by Crippen LogP contribution is 2.27. The van der Waals surface area contributed by atoms with Crippen molar-refractivity contribution in [2.45, 2.75) is 46.2 Å². The molecule has 2 aromatic rings. The monoisotopic (exact) mass is 561 g/mol. The summed E-state index contributed by atoms with van der Waals surface area (Å²) in [5.74, 6) is -0.842. The summed E-state index contributed by atoms with van der Waals surface area (Å²) in [6.45, 7) is 5.46. The number of anilines is 1. The van der Waals surface area contributed by atoms with Gasteiger partial charge < -0.3 is 10.2 Å². The zero-order chi connectivity index (χ0) is 26.3. The Morgan fingerprint density at radius 3 is 2.26 bits per heavy atom. The SMILES string of the molecule is CCCNC(=O)[C@@H](CC)N(Cc1ccc(Cl)c(Cl)c1)C(=O)CN(c1ccc(Cl)cc1C)S(C)(=O)=O. The van der Waals surface area contributed by atoms with Gasteiger partial charge in [-0.05, 0) is 61.2 Å². The fourth-order valence-corrected chi connectivity index (χ4v) is 5.07. The fraction of sp³-hybridized carbons (Fsp3) is 0.417. The second-order valence-electron chi connectivity index (χ2n) is 8.19. The lowest BCUT2D eigenvalue weighted by atomic mass is 10.1. The lowest BCUT2D eigenvalue weighted by molar-refractivity contribution is -0.140. The number of benzene rings is 2. The molecule has 0 aliphatic carbocycles. The molecule has 0 saturated carbocycles. The van der Waals surface area contributed by atoms with E-state index in [9.17, 15) is 18.0 Å². The Hall–Kier alpha value is -2.00. The van der Waals surface area contributed by atoms with Crippen LogP contribution in [0.3, 0.4) is 0 Å². The number of hydrogen-bond donors (Lipinski definition) is 1. The molecule has 0 spiro atoms. The first kappa shape index (κ1) is 29.2. The Kier molecular flexibility index (Phi) is 10.7. The second-order valence-corrected chi connectivity index (χ2v) is 11.3. The van der Waals surface area contributed by atoms with E-state index >= 15 is 0 Å². The Bertz CT molecular complexity index is 1170. The third-order valence-electron chi connectivity index (χ3n) is 5.38. The zero-order valence-electron chi connectivity index (χ0n) is 20.1. The van der Waals surface area contributed by atoms with Crippen molar-refractivity contribution < 1.29 is 18.0 Å². The first-order valence-corrected chi connectivity index (χ1v) is 14.1. The summed E-state index contributed by atoms with van der Waals surface area (Å²) in [5.41, 5.74) is 1.59. The summed E-state index contributed by atoms with van der Waals surface area (Å²) in [6, 6.07) is 8.88. The van der Waals surface area contributed by atoms with Crippen molar-refractivity contribution in [2.75, 3.05) is 23.7 Å². The number of nitrogens with one attached hydrogen (secondary N) is 1. The summed E-state index contributed by atoms with van der Waals surface area (Å²) < 4.78 is 26.4. The quantitative estimate of drug-likeness (QED) is 0.415. The van der Waals surface area contributed by atoms with E-state index in [-0.39, 0.29) is 12.5 Å². The molecule has 1 atom stereocenters. The average Bonchev–Trinajstić information content (AvgIpc) is 2.77. The van der Waals surface area contributed by atoms with Crippen molar-refractivity contribution in [3.8, 4) is 0 Å². The molecule has 0 aromatic heterocycles. The van der Waals surface area contributed by atoms with Crippen molar-refractivity contribution in [2.24, 2.45) is 0 Å². The number of halogens is 3. The lowest BCUT2D eigenvalue weighted by Gasteiger charge is -2.33. The van der Waals surface area contributed by atoms with Gasteiger partial charge in [0.25, 0.3) is 0 Å². The van der Waals surface area contributed by atoms with Gasteiger partial charge in [0, 0.05) is 18.1 Å². The lowest BCUT2D eigenvalue weighted by Crippen LogP contribution is -2.52. The molecule has 2 rings (SSSR count). The van der Waals surface area contributed by atoms with E-state index in [1.807, 2.05) is 6.92 Å². The van der Waals surface area contributed by atoms with Gasteiger partial charge in [-0.25, -0.2) is 8.42 Å². The van der Waals surface area contributed by atoms with Gasteiger partial charge in [-0.1, -0.05) is 54.7 Å². The van der Waals surface area contributed by atoms with Crippen molar-refractivity contribution >= 4 is 62.3 Å². The number of rotatable bonds is 11. The normalized spacial score (nSPS) is 12.2. The first-order chi connectivity index (χ1) is 16.4. The molecule has 2 aromatic carbocycles. The highest BCUT2D eigenvalue weighted by molar-refractivity contribution is 7.92. The van der Waals surface area contributed by atoms with Crippen LogP contribution in [0.1, 0.15) is 37.8 Å². The molecular weight excluding hydrogens is 533 g/mol. The van der Waals surface area contributed by atoms with E-state index in [4.69, 9.17) is 34.8 Å². The summed E-state index contributed by atoms with van der Waals surface area (Å²) in [4.78, 5) is 28.0. The molecular formula is C24H30Cl3N3O4S. The van der Waals surface area contributed by atoms with Crippen LogP contribution < -0.4 is 9.62 Å². The largest absolute Gasteiger partial charge is 0.354 e. The van der Waals surface area contributed by atoms with Gasteiger partial charge in [0.2, 0.25) is 21.8 Å². The van der Waals surface area contributed by atoms with E-state index in [1.54, 1.807) is 50.2 Å². The van der Waals surface area contributed by atoms with Crippen LogP contribution in [0.15, 0.2) is 36.4 Å². The highest BCUT2D eigenvalue weighted by Gasteiger charge is 2.32. The topological polar surface area (TPSA) is 86.8 Å². The van der Waals surface area contributed by atoms with Crippen LogP contribution in [0.25, 0.3) is 0 Å². The van der Waals surface area contributed by atoms with Crippen LogP contribution in [-0.4, -0.2) is 50.5 Å². The molecule has 35 heavy (non-hydrogen) atoms. The van der Waals surface area contributed by atoms with Crippen LogP contribution in [0, 0.1) is 6.92 Å². The van der Waals surface area contributed by atoms with E-state index in [2.05, 4.69) is 5.32 Å².